The molecule has 0 bridgehead atoms. The van der Waals surface area contributed by atoms with Gasteiger partial charge in [0, 0.05) is 50.7 Å². The van der Waals surface area contributed by atoms with E-state index in [1.54, 1.807) is 29.2 Å². The maximum absolute atomic E-state index is 14.8. The predicted octanol–water partition coefficient (Wildman–Crippen LogP) is 7.79. The van der Waals surface area contributed by atoms with Crippen LogP contribution >= 0.6 is 0 Å². The van der Waals surface area contributed by atoms with Crippen molar-refractivity contribution in [2.24, 2.45) is 36.6 Å². The summed E-state index contributed by atoms with van der Waals surface area (Å²) in [4.78, 5) is 38.3. The molecule has 1 amide bonds. The lowest BCUT2D eigenvalue weighted by molar-refractivity contribution is -0.185. The van der Waals surface area contributed by atoms with E-state index < -0.39 is 30.4 Å². The quantitative estimate of drug-likeness (QED) is 0.191. The number of amides is 1. The van der Waals surface area contributed by atoms with E-state index in [2.05, 4.69) is 9.97 Å². The monoisotopic (exact) mass is 703 g/mol. The number of aryl methyl sites for hydroxylation is 2. The van der Waals surface area contributed by atoms with E-state index in [4.69, 9.17) is 0 Å². The molecule has 3 aromatic heterocycles. The maximum atomic E-state index is 14.8. The van der Waals surface area contributed by atoms with Crippen LogP contribution in [-0.2, 0) is 31.2 Å². The molecule has 0 N–H and O–H groups in total. The molecule has 6 rings (SSSR count). The minimum atomic E-state index is -4.10. The van der Waals surface area contributed by atoms with Crippen LogP contribution in [0.5, 0.6) is 0 Å². The zero-order chi connectivity index (χ0) is 35.4. The van der Waals surface area contributed by atoms with Gasteiger partial charge in [-0.3, -0.25) is 9.59 Å². The molecule has 3 unspecified atom stereocenters. The first-order valence-electron chi connectivity index (χ1n) is 18.5. The summed E-state index contributed by atoms with van der Waals surface area (Å²) < 4.78 is 72.3. The van der Waals surface area contributed by atoms with Gasteiger partial charge in [0.1, 0.15) is 24.5 Å². The van der Waals surface area contributed by atoms with Crippen LogP contribution in [0.1, 0.15) is 88.4 Å². The number of hydrogen-bond acceptors (Lipinski definition) is 4. The highest BCUT2D eigenvalue weighted by molar-refractivity contribution is 5.80. The van der Waals surface area contributed by atoms with Crippen molar-refractivity contribution in [2.75, 3.05) is 13.1 Å². The van der Waals surface area contributed by atoms with Crippen molar-refractivity contribution < 1.29 is 26.7 Å². The third kappa shape index (κ3) is 8.76. The normalized spacial score (nSPS) is 27.8. The molecule has 274 valence electrons. The highest BCUT2D eigenvalue weighted by atomic mass is 19.4. The van der Waals surface area contributed by atoms with Gasteiger partial charge in [0.2, 0.25) is 5.91 Å². The Morgan fingerprint density at radius 2 is 1.68 bits per heavy atom. The standard InChI is InChI=1S/C38H50F5N5O2/c1-46-22-30(45-24-46)17-19-47(21-25-7-9-26(10-8-25)27-11-14-29(15-12-27)38(41,42)43)35(50)23-48-31(16-13-28-4-2-6-33(39)36(28)40)20-34(49)32-5-3-18-44-37(32)48/h3,5,18,20,22,24-29,33,36H,2,4,6-17,19,21,23H2,1H3. The number of aromatic nitrogens is 4. The number of rotatable bonds is 11. The first-order valence-corrected chi connectivity index (χ1v) is 18.5. The number of hydrogen-bond donors (Lipinski definition) is 0. The Labute approximate surface area is 290 Å². The third-order valence-corrected chi connectivity index (χ3v) is 11.9. The molecule has 0 radical (unpaired) electrons. The van der Waals surface area contributed by atoms with Crippen molar-refractivity contribution in [3.63, 3.8) is 0 Å². The van der Waals surface area contributed by atoms with Gasteiger partial charge >= 0.3 is 6.18 Å². The molecule has 3 heterocycles. The Hall–Kier alpha value is -3.31. The zero-order valence-corrected chi connectivity index (χ0v) is 29.0. The first-order chi connectivity index (χ1) is 24.0. The molecular formula is C38H50F5N5O2. The van der Waals surface area contributed by atoms with Crippen LogP contribution in [0.2, 0.25) is 0 Å². The minimum Gasteiger partial charge on any atom is -0.340 e. The van der Waals surface area contributed by atoms with E-state index in [1.165, 1.54) is 6.07 Å². The molecular weight excluding hydrogens is 653 g/mol. The summed E-state index contributed by atoms with van der Waals surface area (Å²) in [5, 5.41) is 0.400. The van der Waals surface area contributed by atoms with Crippen LogP contribution in [0.25, 0.3) is 11.0 Å². The van der Waals surface area contributed by atoms with E-state index in [0.29, 0.717) is 86.6 Å². The minimum absolute atomic E-state index is 0.0431. The summed E-state index contributed by atoms with van der Waals surface area (Å²) in [5.41, 5.74) is 1.65. The van der Waals surface area contributed by atoms with Gasteiger partial charge in [-0.2, -0.15) is 13.2 Å². The fourth-order valence-corrected chi connectivity index (χ4v) is 8.93. The van der Waals surface area contributed by atoms with E-state index in [0.717, 1.165) is 31.4 Å². The summed E-state index contributed by atoms with van der Waals surface area (Å²) >= 11 is 0. The zero-order valence-electron chi connectivity index (χ0n) is 29.0. The van der Waals surface area contributed by atoms with E-state index in [9.17, 15) is 31.5 Å². The summed E-state index contributed by atoms with van der Waals surface area (Å²) in [6.45, 7) is 0.976. The van der Waals surface area contributed by atoms with Crippen molar-refractivity contribution in [3.8, 4) is 0 Å². The molecule has 3 fully saturated rings. The Morgan fingerprint density at radius 3 is 2.36 bits per heavy atom. The molecule has 3 aliphatic rings. The Kier molecular flexibility index (Phi) is 11.6. The Morgan fingerprint density at radius 1 is 0.960 bits per heavy atom. The Balaban J connectivity index is 1.16. The number of nitrogens with zero attached hydrogens (tertiary/aromatic N) is 5. The summed E-state index contributed by atoms with van der Waals surface area (Å²) in [6.07, 6.45) is 6.38. The third-order valence-electron chi connectivity index (χ3n) is 11.9. The maximum Gasteiger partial charge on any atom is 0.391 e. The molecule has 3 aromatic rings. The summed E-state index contributed by atoms with van der Waals surface area (Å²) in [6, 6.07) is 4.89. The lowest BCUT2D eigenvalue weighted by Crippen LogP contribution is -2.41. The van der Waals surface area contributed by atoms with E-state index >= 15 is 0 Å². The second kappa shape index (κ2) is 15.9. The number of carbonyl (C=O) groups excluding carboxylic acids is 1. The Bertz CT molecular complexity index is 1640. The van der Waals surface area contributed by atoms with Gasteiger partial charge in [-0.15, -0.1) is 0 Å². The predicted molar refractivity (Wildman–Crippen MR) is 182 cm³/mol. The highest BCUT2D eigenvalue weighted by Crippen LogP contribution is 2.45. The second-order valence-corrected chi connectivity index (χ2v) is 15.2. The van der Waals surface area contributed by atoms with Crippen molar-refractivity contribution in [2.45, 2.75) is 115 Å². The van der Waals surface area contributed by atoms with Crippen LogP contribution in [0.15, 0.2) is 41.7 Å². The SMILES string of the molecule is Cn1cnc(CCN(CC2CCC(C3CCC(C(F)(F)F)CC3)CC2)C(=O)Cn2c(CCC3CCCC(F)C3F)cc(=O)c3cccnc32)c1. The van der Waals surface area contributed by atoms with Crippen LogP contribution in [-0.4, -0.2) is 61.5 Å². The van der Waals surface area contributed by atoms with Crippen molar-refractivity contribution in [3.05, 3.63) is 58.5 Å². The molecule has 0 saturated heterocycles. The number of carbonyl (C=O) groups is 1. The molecule has 50 heavy (non-hydrogen) atoms. The van der Waals surface area contributed by atoms with Crippen LogP contribution < -0.4 is 5.43 Å². The topological polar surface area (TPSA) is 73.0 Å². The van der Waals surface area contributed by atoms with Gasteiger partial charge in [-0.25, -0.2) is 18.7 Å². The molecule has 0 aliphatic heterocycles. The largest absolute Gasteiger partial charge is 0.391 e. The fourth-order valence-electron chi connectivity index (χ4n) is 8.93. The molecule has 3 aliphatic carbocycles. The summed E-state index contributed by atoms with van der Waals surface area (Å²) in [7, 11) is 1.90. The summed E-state index contributed by atoms with van der Waals surface area (Å²) in [5.74, 6) is -0.680. The van der Waals surface area contributed by atoms with Gasteiger partial charge in [-0.05, 0) is 113 Å². The van der Waals surface area contributed by atoms with Gasteiger partial charge < -0.3 is 14.0 Å². The highest BCUT2D eigenvalue weighted by Gasteiger charge is 2.43. The van der Waals surface area contributed by atoms with Crippen molar-refractivity contribution >= 4 is 16.9 Å². The average molecular weight is 704 g/mol. The lowest BCUT2D eigenvalue weighted by Gasteiger charge is -2.39. The molecule has 7 nitrogen and oxygen atoms in total. The molecule has 3 saturated carbocycles. The van der Waals surface area contributed by atoms with Gasteiger partial charge in [0.15, 0.2) is 5.43 Å². The average Bonchev–Trinajstić information content (AvgIpc) is 3.53. The van der Waals surface area contributed by atoms with E-state index in [-0.39, 0.29) is 43.1 Å². The van der Waals surface area contributed by atoms with Crippen molar-refractivity contribution in [1.29, 1.82) is 0 Å². The molecule has 0 aromatic carbocycles. The molecule has 12 heteroatoms. The number of pyridine rings is 2. The van der Waals surface area contributed by atoms with E-state index in [1.807, 2.05) is 22.7 Å². The smallest absolute Gasteiger partial charge is 0.340 e. The first kappa shape index (κ1) is 36.5. The number of halogens is 5. The van der Waals surface area contributed by atoms with Crippen LogP contribution in [0.3, 0.4) is 0 Å². The second-order valence-electron chi connectivity index (χ2n) is 15.2. The van der Waals surface area contributed by atoms with Crippen LogP contribution in [0, 0.1) is 29.6 Å². The van der Waals surface area contributed by atoms with Crippen molar-refractivity contribution in [1.82, 2.24) is 24.0 Å². The molecule has 3 atom stereocenters. The lowest BCUT2D eigenvalue weighted by atomic mass is 9.69. The van der Waals surface area contributed by atoms with Gasteiger partial charge in [0.25, 0.3) is 0 Å². The number of imidazole rings is 1. The van der Waals surface area contributed by atoms with Gasteiger partial charge in [0.05, 0.1) is 23.3 Å². The molecule has 0 spiro atoms. The van der Waals surface area contributed by atoms with Crippen LogP contribution in [0.4, 0.5) is 22.0 Å². The fraction of sp³-hybridized carbons (Fsp3) is 0.684. The number of alkyl halides is 5. The number of fused-ring (bicyclic) bond motifs is 1. The van der Waals surface area contributed by atoms with Gasteiger partial charge in [-0.1, -0.05) is 6.42 Å².